The Morgan fingerprint density at radius 2 is 1.72 bits per heavy atom. The first kappa shape index (κ1) is 16.8. The Balaban J connectivity index is 1.49. The molecule has 0 N–H and O–H groups in total. The van der Waals surface area contributed by atoms with E-state index in [4.69, 9.17) is 0 Å². The van der Waals surface area contributed by atoms with Crippen LogP contribution in [-0.2, 0) is 10.0 Å². The summed E-state index contributed by atoms with van der Waals surface area (Å²) in [6.45, 7) is 1.12. The SMILES string of the molecule is O=S(=O)(c1c(F)cccc1F)N1CCN(c2nc(C3CC3)ns2)CC1. The van der Waals surface area contributed by atoms with Crippen molar-refractivity contribution in [3.05, 3.63) is 35.7 Å². The van der Waals surface area contributed by atoms with E-state index in [2.05, 4.69) is 9.36 Å². The quantitative estimate of drug-likeness (QED) is 0.806. The lowest BCUT2D eigenvalue weighted by Gasteiger charge is -2.33. The highest BCUT2D eigenvalue weighted by Crippen LogP contribution is 2.39. The minimum Gasteiger partial charge on any atom is -0.344 e. The average molecular weight is 386 g/mol. The standard InChI is InChI=1S/C15H16F2N4O2S2/c16-11-2-1-3-12(17)13(11)25(22,23)21-8-6-20(7-9-21)15-18-14(19-24-15)10-4-5-10/h1-3,10H,4-9H2. The van der Waals surface area contributed by atoms with Gasteiger partial charge in [0.2, 0.25) is 15.2 Å². The minimum absolute atomic E-state index is 0.147. The van der Waals surface area contributed by atoms with E-state index in [0.717, 1.165) is 46.3 Å². The molecular formula is C15H16F2N4O2S2. The Hall–Kier alpha value is -1.65. The normalized spacial score (nSPS) is 19.4. The molecule has 1 aromatic heterocycles. The largest absolute Gasteiger partial charge is 0.344 e. The van der Waals surface area contributed by atoms with Crippen LogP contribution in [0.2, 0.25) is 0 Å². The van der Waals surface area contributed by atoms with Crippen molar-refractivity contribution in [2.45, 2.75) is 23.7 Å². The van der Waals surface area contributed by atoms with E-state index < -0.39 is 26.6 Å². The molecule has 2 fully saturated rings. The fourth-order valence-corrected chi connectivity index (χ4v) is 5.17. The third-order valence-electron chi connectivity index (χ3n) is 4.40. The van der Waals surface area contributed by atoms with Crippen molar-refractivity contribution >= 4 is 26.7 Å². The molecule has 2 aliphatic rings. The minimum atomic E-state index is -4.20. The second kappa shape index (κ2) is 6.26. The third-order valence-corrected chi connectivity index (χ3v) is 7.14. The molecule has 0 amide bonds. The highest BCUT2D eigenvalue weighted by atomic mass is 32.2. The Morgan fingerprint density at radius 3 is 2.32 bits per heavy atom. The summed E-state index contributed by atoms with van der Waals surface area (Å²) in [5, 5.41) is 0.774. The number of rotatable bonds is 4. The van der Waals surface area contributed by atoms with Gasteiger partial charge in [-0.15, -0.1) is 0 Å². The van der Waals surface area contributed by atoms with Crippen LogP contribution in [0, 0.1) is 11.6 Å². The molecule has 4 rings (SSSR count). The van der Waals surface area contributed by atoms with Crippen LogP contribution < -0.4 is 4.90 Å². The first-order chi connectivity index (χ1) is 12.0. The molecule has 1 aliphatic heterocycles. The Bertz CT molecular complexity index is 870. The first-order valence-electron chi connectivity index (χ1n) is 7.99. The van der Waals surface area contributed by atoms with Crippen LogP contribution in [-0.4, -0.2) is 48.3 Å². The van der Waals surface area contributed by atoms with Crippen LogP contribution >= 0.6 is 11.5 Å². The van der Waals surface area contributed by atoms with E-state index in [-0.39, 0.29) is 13.1 Å². The number of hydrogen-bond donors (Lipinski definition) is 0. The van der Waals surface area contributed by atoms with Gasteiger partial charge in [-0.1, -0.05) is 6.07 Å². The fraction of sp³-hybridized carbons (Fsp3) is 0.467. The van der Waals surface area contributed by atoms with Crippen molar-refractivity contribution < 1.29 is 17.2 Å². The maximum Gasteiger partial charge on any atom is 0.249 e. The molecule has 25 heavy (non-hydrogen) atoms. The predicted molar refractivity (Wildman–Crippen MR) is 89.2 cm³/mol. The zero-order chi connectivity index (χ0) is 17.6. The van der Waals surface area contributed by atoms with Crippen molar-refractivity contribution in [3.63, 3.8) is 0 Å². The molecule has 1 aromatic carbocycles. The summed E-state index contributed by atoms with van der Waals surface area (Å²) < 4.78 is 58.3. The first-order valence-corrected chi connectivity index (χ1v) is 10.2. The zero-order valence-electron chi connectivity index (χ0n) is 13.2. The molecule has 6 nitrogen and oxygen atoms in total. The summed E-state index contributed by atoms with van der Waals surface area (Å²) in [5.74, 6) is -0.805. The number of benzene rings is 1. The second-order valence-electron chi connectivity index (χ2n) is 6.15. The summed E-state index contributed by atoms with van der Waals surface area (Å²) in [6.07, 6.45) is 2.24. The van der Waals surface area contributed by atoms with Gasteiger partial charge in [0.25, 0.3) is 0 Å². The highest BCUT2D eigenvalue weighted by molar-refractivity contribution is 7.89. The van der Waals surface area contributed by atoms with Gasteiger partial charge < -0.3 is 4.90 Å². The highest BCUT2D eigenvalue weighted by Gasteiger charge is 2.34. The van der Waals surface area contributed by atoms with Crippen molar-refractivity contribution in [2.24, 2.45) is 0 Å². The molecule has 2 heterocycles. The Kier molecular flexibility index (Phi) is 4.20. The number of hydrogen-bond acceptors (Lipinski definition) is 6. The zero-order valence-corrected chi connectivity index (χ0v) is 14.9. The van der Waals surface area contributed by atoms with Gasteiger partial charge >= 0.3 is 0 Å². The van der Waals surface area contributed by atoms with Crippen LogP contribution in [0.5, 0.6) is 0 Å². The van der Waals surface area contributed by atoms with E-state index in [1.807, 2.05) is 4.90 Å². The molecule has 1 saturated carbocycles. The summed E-state index contributed by atoms with van der Waals surface area (Å²) in [7, 11) is -4.20. The molecule has 0 bridgehead atoms. The van der Waals surface area contributed by atoms with Gasteiger partial charge in [0.15, 0.2) is 4.90 Å². The lowest BCUT2D eigenvalue weighted by atomic mass is 10.3. The van der Waals surface area contributed by atoms with Gasteiger partial charge in [-0.25, -0.2) is 22.2 Å². The van der Waals surface area contributed by atoms with Crippen LogP contribution in [0.15, 0.2) is 23.1 Å². The number of piperazine rings is 1. The molecule has 0 atom stereocenters. The third kappa shape index (κ3) is 3.13. The predicted octanol–water partition coefficient (Wildman–Crippen LogP) is 2.20. The number of sulfonamides is 1. The van der Waals surface area contributed by atoms with Crippen molar-refractivity contribution in [2.75, 3.05) is 31.1 Å². The monoisotopic (exact) mass is 386 g/mol. The van der Waals surface area contributed by atoms with Crippen LogP contribution in [0.3, 0.4) is 0 Å². The molecule has 1 aliphatic carbocycles. The second-order valence-corrected chi connectivity index (χ2v) is 8.76. The van der Waals surface area contributed by atoms with Crippen LogP contribution in [0.1, 0.15) is 24.6 Å². The van der Waals surface area contributed by atoms with E-state index in [0.29, 0.717) is 19.0 Å². The van der Waals surface area contributed by atoms with Crippen LogP contribution in [0.25, 0.3) is 0 Å². The van der Waals surface area contributed by atoms with Gasteiger partial charge in [-0.2, -0.15) is 8.68 Å². The molecular weight excluding hydrogens is 370 g/mol. The molecule has 134 valence electrons. The van der Waals surface area contributed by atoms with Gasteiger partial charge in [-0.05, 0) is 25.0 Å². The maximum atomic E-state index is 13.9. The molecule has 2 aromatic rings. The lowest BCUT2D eigenvalue weighted by Crippen LogP contribution is -2.49. The number of anilines is 1. The smallest absolute Gasteiger partial charge is 0.249 e. The summed E-state index contributed by atoms with van der Waals surface area (Å²) in [4.78, 5) is 5.60. The van der Waals surface area contributed by atoms with E-state index in [9.17, 15) is 17.2 Å². The maximum absolute atomic E-state index is 13.9. The number of halogens is 2. The van der Waals surface area contributed by atoms with Crippen molar-refractivity contribution in [1.82, 2.24) is 13.7 Å². The summed E-state index contributed by atoms with van der Waals surface area (Å²) in [6, 6.07) is 3.05. The molecule has 10 heteroatoms. The number of nitrogens with zero attached hydrogens (tertiary/aromatic N) is 4. The van der Waals surface area contributed by atoms with Crippen LogP contribution in [0.4, 0.5) is 13.9 Å². The summed E-state index contributed by atoms with van der Waals surface area (Å²) >= 11 is 1.31. The summed E-state index contributed by atoms with van der Waals surface area (Å²) in [5.41, 5.74) is 0. The van der Waals surface area contributed by atoms with Gasteiger partial charge in [0.1, 0.15) is 17.5 Å². The van der Waals surface area contributed by atoms with E-state index in [1.54, 1.807) is 0 Å². The Morgan fingerprint density at radius 1 is 1.08 bits per heavy atom. The van der Waals surface area contributed by atoms with Gasteiger partial charge in [0.05, 0.1) is 0 Å². The molecule has 1 saturated heterocycles. The molecule has 0 radical (unpaired) electrons. The van der Waals surface area contributed by atoms with E-state index in [1.165, 1.54) is 11.5 Å². The Labute approximate surface area is 148 Å². The molecule has 0 spiro atoms. The average Bonchev–Trinajstić information content (AvgIpc) is 3.32. The van der Waals surface area contributed by atoms with Gasteiger partial charge in [-0.3, -0.25) is 0 Å². The van der Waals surface area contributed by atoms with Crippen molar-refractivity contribution in [1.29, 1.82) is 0 Å². The number of aromatic nitrogens is 2. The van der Waals surface area contributed by atoms with Gasteiger partial charge in [0, 0.05) is 43.6 Å². The topological polar surface area (TPSA) is 66.4 Å². The molecule has 0 unspecified atom stereocenters. The van der Waals surface area contributed by atoms with E-state index >= 15 is 0 Å². The lowest BCUT2D eigenvalue weighted by molar-refractivity contribution is 0.378. The van der Waals surface area contributed by atoms with Crippen molar-refractivity contribution in [3.8, 4) is 0 Å². The fourth-order valence-electron chi connectivity index (χ4n) is 2.84.